The van der Waals surface area contributed by atoms with E-state index in [9.17, 15) is 19.2 Å². The van der Waals surface area contributed by atoms with Crippen LogP contribution in [0.4, 0.5) is 0 Å². The normalized spacial score (nSPS) is 10.0. The lowest BCUT2D eigenvalue weighted by molar-refractivity contribution is -0.130. The van der Waals surface area contributed by atoms with Gasteiger partial charge in [-0.05, 0) is 30.3 Å². The highest BCUT2D eigenvalue weighted by atomic mass is 16.6. The maximum atomic E-state index is 11.7. The third-order valence-electron chi connectivity index (χ3n) is 4.13. The van der Waals surface area contributed by atoms with Crippen LogP contribution in [0.25, 0.3) is 6.08 Å². The highest BCUT2D eigenvalue weighted by molar-refractivity contribution is 5.86. The van der Waals surface area contributed by atoms with E-state index in [-0.39, 0.29) is 29.6 Å². The molecule has 2 rings (SSSR count). The zero-order valence-electron chi connectivity index (χ0n) is 19.1. The maximum Gasteiger partial charge on any atom is 0.335 e. The molecule has 0 fully saturated rings. The predicted molar refractivity (Wildman–Crippen MR) is 130 cm³/mol. The monoisotopic (exact) mass is 490 g/mol. The van der Waals surface area contributed by atoms with E-state index in [0.29, 0.717) is 11.1 Å². The van der Waals surface area contributed by atoms with Gasteiger partial charge in [-0.15, -0.1) is 0 Å². The molecule has 9 nitrogen and oxygen atoms in total. The molecule has 2 aromatic rings. The summed E-state index contributed by atoms with van der Waals surface area (Å²) >= 11 is 0. The van der Waals surface area contributed by atoms with Gasteiger partial charge in [-0.25, -0.2) is 19.2 Å². The summed E-state index contributed by atoms with van der Waals surface area (Å²) in [6.07, 6.45) is 6.77. The number of hydrogen-bond donors (Lipinski definition) is 0. The van der Waals surface area contributed by atoms with E-state index in [1.165, 1.54) is 42.7 Å². The fourth-order valence-electron chi connectivity index (χ4n) is 2.49. The fraction of sp³-hybridized carbons (Fsp3) is 0.0370. The average molecular weight is 490 g/mol. The first-order valence-electron chi connectivity index (χ1n) is 10.2. The van der Waals surface area contributed by atoms with E-state index < -0.39 is 23.9 Å². The smallest absolute Gasteiger partial charge is 0.335 e. The SMILES string of the molecule is C=CC(=O)Oc1ccc(/C=C/OCc2ccc(OC(=O)C=C)cc2OC(=O)C=C)c(OC(=O)C=C)c1. The molecule has 0 N–H and O–H groups in total. The zero-order valence-corrected chi connectivity index (χ0v) is 19.1. The Morgan fingerprint density at radius 2 is 1.11 bits per heavy atom. The lowest BCUT2D eigenvalue weighted by Crippen LogP contribution is -2.08. The number of carbonyl (C=O) groups excluding carboxylic acids is 4. The Labute approximate surface area is 207 Å². The molecule has 2 aromatic carbocycles. The Kier molecular flexibility index (Phi) is 10.2. The van der Waals surface area contributed by atoms with Gasteiger partial charge in [0, 0.05) is 47.6 Å². The summed E-state index contributed by atoms with van der Waals surface area (Å²) in [6, 6.07) is 8.76. The molecule has 0 spiro atoms. The number of benzene rings is 2. The van der Waals surface area contributed by atoms with Gasteiger partial charge in [0.25, 0.3) is 0 Å². The summed E-state index contributed by atoms with van der Waals surface area (Å²) in [4.78, 5) is 46.3. The molecule has 0 heterocycles. The van der Waals surface area contributed by atoms with Gasteiger partial charge in [0.2, 0.25) is 0 Å². The highest BCUT2D eigenvalue weighted by Crippen LogP contribution is 2.28. The Morgan fingerprint density at radius 1 is 0.639 bits per heavy atom. The molecule has 0 saturated carbocycles. The van der Waals surface area contributed by atoms with Gasteiger partial charge in [-0.1, -0.05) is 26.3 Å². The van der Waals surface area contributed by atoms with Crippen LogP contribution in [0.15, 0.2) is 93.3 Å². The van der Waals surface area contributed by atoms with E-state index >= 15 is 0 Å². The van der Waals surface area contributed by atoms with Crippen LogP contribution < -0.4 is 18.9 Å². The Balaban J connectivity index is 2.21. The molecular weight excluding hydrogens is 468 g/mol. The lowest BCUT2D eigenvalue weighted by atomic mass is 10.2. The van der Waals surface area contributed by atoms with Crippen LogP contribution in [0, 0.1) is 0 Å². The van der Waals surface area contributed by atoms with Crippen LogP contribution in [0.3, 0.4) is 0 Å². The van der Waals surface area contributed by atoms with Gasteiger partial charge in [0.1, 0.15) is 29.6 Å². The van der Waals surface area contributed by atoms with Crippen molar-refractivity contribution in [1.82, 2.24) is 0 Å². The summed E-state index contributed by atoms with van der Waals surface area (Å²) in [7, 11) is 0. The van der Waals surface area contributed by atoms with Gasteiger partial charge in [0.15, 0.2) is 0 Å². The number of rotatable bonds is 12. The predicted octanol–water partition coefficient (Wildman–Crippen LogP) is 4.24. The summed E-state index contributed by atoms with van der Waals surface area (Å²) in [5, 5.41) is 0. The van der Waals surface area contributed by atoms with Gasteiger partial charge < -0.3 is 23.7 Å². The molecule has 0 radical (unpaired) electrons. The van der Waals surface area contributed by atoms with Crippen molar-refractivity contribution in [1.29, 1.82) is 0 Å². The van der Waals surface area contributed by atoms with Crippen LogP contribution in [-0.4, -0.2) is 23.9 Å². The minimum absolute atomic E-state index is 0.0389. The maximum absolute atomic E-state index is 11.7. The molecule has 0 atom stereocenters. The minimum atomic E-state index is -0.719. The second kappa shape index (κ2) is 13.5. The van der Waals surface area contributed by atoms with Crippen LogP contribution >= 0.6 is 0 Å². The highest BCUT2D eigenvalue weighted by Gasteiger charge is 2.12. The summed E-state index contributed by atoms with van der Waals surface area (Å²) in [6.45, 7) is 13.3. The molecule has 36 heavy (non-hydrogen) atoms. The average Bonchev–Trinajstić information content (AvgIpc) is 2.88. The molecule has 0 aliphatic carbocycles. The van der Waals surface area contributed by atoms with Crippen LogP contribution in [-0.2, 0) is 30.5 Å². The van der Waals surface area contributed by atoms with Gasteiger partial charge in [-0.3, -0.25) is 0 Å². The summed E-state index contributed by atoms with van der Waals surface area (Å²) in [5.74, 6) is -2.34. The molecule has 9 heteroatoms. The number of carbonyl (C=O) groups is 4. The first kappa shape index (κ1) is 27.1. The number of esters is 4. The van der Waals surface area contributed by atoms with E-state index in [4.69, 9.17) is 23.7 Å². The van der Waals surface area contributed by atoms with Crippen molar-refractivity contribution in [2.45, 2.75) is 6.61 Å². The van der Waals surface area contributed by atoms with Gasteiger partial charge >= 0.3 is 23.9 Å². The molecule has 0 saturated heterocycles. The van der Waals surface area contributed by atoms with Crippen LogP contribution in [0.2, 0.25) is 0 Å². The second-order valence-electron chi connectivity index (χ2n) is 6.58. The van der Waals surface area contributed by atoms with E-state index in [1.807, 2.05) is 0 Å². The molecule has 0 amide bonds. The molecular formula is C27H22O9. The Morgan fingerprint density at radius 3 is 1.67 bits per heavy atom. The quantitative estimate of drug-likeness (QED) is 0.186. The van der Waals surface area contributed by atoms with Crippen molar-refractivity contribution >= 4 is 30.0 Å². The fourth-order valence-corrected chi connectivity index (χ4v) is 2.49. The van der Waals surface area contributed by atoms with E-state index in [2.05, 4.69) is 26.3 Å². The lowest BCUT2D eigenvalue weighted by Gasteiger charge is -2.11. The Hall–Kier alpha value is -5.18. The molecule has 0 bridgehead atoms. The standard InChI is InChI=1S/C27H22O9/c1-5-24(28)33-20-11-9-18(22(15-20)35-26(30)7-3)13-14-32-17-19-10-12-21(34-25(29)6-2)16-23(19)36-27(31)8-4/h5-16H,1-4,17H2/b14-13+. The van der Waals surface area contributed by atoms with E-state index in [1.54, 1.807) is 6.07 Å². The van der Waals surface area contributed by atoms with Crippen molar-refractivity contribution in [3.05, 3.63) is 104 Å². The first-order chi connectivity index (χ1) is 17.3. The topological polar surface area (TPSA) is 114 Å². The van der Waals surface area contributed by atoms with Crippen molar-refractivity contribution < 1.29 is 42.9 Å². The molecule has 0 unspecified atom stereocenters. The molecule has 0 aromatic heterocycles. The van der Waals surface area contributed by atoms with Crippen LogP contribution in [0.1, 0.15) is 11.1 Å². The van der Waals surface area contributed by atoms with Crippen LogP contribution in [0.5, 0.6) is 23.0 Å². The van der Waals surface area contributed by atoms with Crippen molar-refractivity contribution in [2.24, 2.45) is 0 Å². The minimum Gasteiger partial charge on any atom is -0.496 e. The largest absolute Gasteiger partial charge is 0.496 e. The Bertz CT molecular complexity index is 1240. The molecule has 184 valence electrons. The van der Waals surface area contributed by atoms with Gasteiger partial charge in [-0.2, -0.15) is 0 Å². The first-order valence-corrected chi connectivity index (χ1v) is 10.2. The molecule has 0 aliphatic heterocycles. The van der Waals surface area contributed by atoms with Crippen molar-refractivity contribution in [2.75, 3.05) is 0 Å². The summed E-state index contributed by atoms with van der Waals surface area (Å²) < 4.78 is 26.0. The third-order valence-corrected chi connectivity index (χ3v) is 4.13. The van der Waals surface area contributed by atoms with Crippen molar-refractivity contribution in [3.8, 4) is 23.0 Å². The number of hydrogen-bond acceptors (Lipinski definition) is 9. The number of ether oxygens (including phenoxy) is 5. The van der Waals surface area contributed by atoms with E-state index in [0.717, 1.165) is 24.3 Å². The molecule has 0 aliphatic rings. The third kappa shape index (κ3) is 8.31. The van der Waals surface area contributed by atoms with Crippen molar-refractivity contribution in [3.63, 3.8) is 0 Å². The van der Waals surface area contributed by atoms with Gasteiger partial charge in [0.05, 0.1) is 6.26 Å². The second-order valence-corrected chi connectivity index (χ2v) is 6.58. The summed E-state index contributed by atoms with van der Waals surface area (Å²) in [5.41, 5.74) is 0.881. The zero-order chi connectivity index (χ0) is 26.5.